The lowest BCUT2D eigenvalue weighted by Gasteiger charge is -2.14. The lowest BCUT2D eigenvalue weighted by molar-refractivity contribution is 0.107. The van der Waals surface area contributed by atoms with Gasteiger partial charge in [-0.2, -0.15) is 0 Å². The third-order valence-electron chi connectivity index (χ3n) is 5.13. The topological polar surface area (TPSA) is 32.3 Å². The second-order valence-corrected chi connectivity index (χ2v) is 5.30. The van der Waals surface area contributed by atoms with Crippen LogP contribution in [0.2, 0.25) is 0 Å². The number of rotatable bonds is 0. The van der Waals surface area contributed by atoms with Gasteiger partial charge in [-0.05, 0) is 39.2 Å². The monoisotopic (exact) mass is 181 g/mol. The molecule has 2 atom stereocenters. The zero-order chi connectivity index (χ0) is 9.16. The van der Waals surface area contributed by atoms with Crippen LogP contribution in [0, 0.1) is 5.41 Å². The predicted molar refractivity (Wildman–Crippen MR) is 51.5 cm³/mol. The van der Waals surface area contributed by atoms with Crippen LogP contribution < -0.4 is 5.32 Å². The van der Waals surface area contributed by atoms with Crippen molar-refractivity contribution in [2.75, 3.05) is 6.54 Å². The molecule has 0 bridgehead atoms. The molecule has 1 aliphatic heterocycles. The smallest absolute Gasteiger partial charge is 0.0881 e. The van der Waals surface area contributed by atoms with E-state index in [4.69, 9.17) is 0 Å². The summed E-state index contributed by atoms with van der Waals surface area (Å²) in [4.78, 5) is 0. The van der Waals surface area contributed by atoms with Crippen LogP contribution in [0.3, 0.4) is 0 Å². The summed E-state index contributed by atoms with van der Waals surface area (Å²) in [7, 11) is 0. The van der Waals surface area contributed by atoms with Crippen LogP contribution in [0.5, 0.6) is 0 Å². The lowest BCUT2D eigenvalue weighted by atomic mass is 9.96. The Labute approximate surface area is 79.7 Å². The van der Waals surface area contributed by atoms with Gasteiger partial charge in [0.25, 0.3) is 0 Å². The Morgan fingerprint density at radius 1 is 1.08 bits per heavy atom. The van der Waals surface area contributed by atoms with Crippen LogP contribution in [0.1, 0.15) is 45.4 Å². The van der Waals surface area contributed by atoms with Gasteiger partial charge in [-0.1, -0.05) is 12.8 Å². The van der Waals surface area contributed by atoms with Crippen LogP contribution in [0.25, 0.3) is 0 Å². The van der Waals surface area contributed by atoms with Crippen molar-refractivity contribution >= 4 is 0 Å². The zero-order valence-corrected chi connectivity index (χ0v) is 8.40. The van der Waals surface area contributed by atoms with E-state index < -0.39 is 5.60 Å². The molecule has 13 heavy (non-hydrogen) atoms. The summed E-state index contributed by atoms with van der Waals surface area (Å²) >= 11 is 0. The largest absolute Gasteiger partial charge is 0.388 e. The van der Waals surface area contributed by atoms with Gasteiger partial charge in [0.1, 0.15) is 0 Å². The Kier molecular flexibility index (Phi) is 1.34. The fourth-order valence-electron chi connectivity index (χ4n) is 4.40. The fraction of sp³-hybridized carbons (Fsp3) is 1.00. The van der Waals surface area contributed by atoms with Crippen molar-refractivity contribution in [1.29, 1.82) is 0 Å². The molecule has 0 amide bonds. The predicted octanol–water partition coefficient (Wildman–Crippen LogP) is 1.43. The van der Waals surface area contributed by atoms with Crippen LogP contribution in [0.15, 0.2) is 0 Å². The van der Waals surface area contributed by atoms with Crippen molar-refractivity contribution in [3.63, 3.8) is 0 Å². The third kappa shape index (κ3) is 0.637. The Balaban J connectivity index is 1.98. The summed E-state index contributed by atoms with van der Waals surface area (Å²) in [6.45, 7) is 3.16. The summed E-state index contributed by atoms with van der Waals surface area (Å²) < 4.78 is 0. The average molecular weight is 181 g/mol. The fourth-order valence-corrected chi connectivity index (χ4v) is 4.40. The van der Waals surface area contributed by atoms with Gasteiger partial charge in [-0.15, -0.1) is 0 Å². The van der Waals surface area contributed by atoms with E-state index in [-0.39, 0.29) is 11.0 Å². The summed E-state index contributed by atoms with van der Waals surface area (Å²) in [5, 5.41) is 14.0. The van der Waals surface area contributed by atoms with Crippen molar-refractivity contribution in [3.05, 3.63) is 0 Å². The number of nitrogens with one attached hydrogen (secondary N) is 1. The van der Waals surface area contributed by atoms with Gasteiger partial charge < -0.3 is 10.4 Å². The minimum atomic E-state index is -0.410. The van der Waals surface area contributed by atoms with Gasteiger partial charge in [0.2, 0.25) is 0 Å². The second-order valence-electron chi connectivity index (χ2n) is 5.30. The number of fused-ring (bicyclic) bond motifs is 1. The highest BCUT2D eigenvalue weighted by Crippen LogP contribution is 2.74. The molecule has 1 heterocycles. The number of aliphatic hydroxyl groups is 1. The first kappa shape index (κ1) is 8.25. The Hall–Kier alpha value is -0.0800. The summed E-state index contributed by atoms with van der Waals surface area (Å²) in [5.41, 5.74) is -0.0278. The first-order chi connectivity index (χ1) is 6.16. The van der Waals surface area contributed by atoms with E-state index >= 15 is 0 Å². The van der Waals surface area contributed by atoms with Crippen LogP contribution in [0.4, 0.5) is 0 Å². The lowest BCUT2D eigenvalue weighted by Crippen LogP contribution is -2.34. The maximum absolute atomic E-state index is 10.5. The highest BCUT2D eigenvalue weighted by molar-refractivity contribution is 5.39. The number of hydrogen-bond acceptors (Lipinski definition) is 2. The van der Waals surface area contributed by atoms with E-state index in [1.807, 2.05) is 0 Å². The average Bonchev–Trinajstić information content (AvgIpc) is 2.68. The quantitative estimate of drug-likeness (QED) is 0.592. The maximum Gasteiger partial charge on any atom is 0.0881 e. The molecule has 2 aliphatic carbocycles. The molecule has 2 N–H and O–H groups in total. The van der Waals surface area contributed by atoms with Crippen LogP contribution in [-0.4, -0.2) is 22.8 Å². The minimum Gasteiger partial charge on any atom is -0.388 e. The van der Waals surface area contributed by atoms with Crippen molar-refractivity contribution in [3.8, 4) is 0 Å². The first-order valence-corrected chi connectivity index (χ1v) is 5.64. The van der Waals surface area contributed by atoms with Crippen LogP contribution in [-0.2, 0) is 0 Å². The van der Waals surface area contributed by atoms with Crippen LogP contribution >= 0.6 is 0 Å². The zero-order valence-electron chi connectivity index (χ0n) is 8.40. The van der Waals surface area contributed by atoms with E-state index in [9.17, 15) is 5.11 Å². The third-order valence-corrected chi connectivity index (χ3v) is 5.13. The Morgan fingerprint density at radius 2 is 1.77 bits per heavy atom. The van der Waals surface area contributed by atoms with Crippen molar-refractivity contribution in [2.24, 2.45) is 5.41 Å². The van der Waals surface area contributed by atoms with Gasteiger partial charge >= 0.3 is 0 Å². The molecule has 3 aliphatic rings. The summed E-state index contributed by atoms with van der Waals surface area (Å²) in [5.74, 6) is 0. The normalized spacial score (nSPS) is 52.2. The van der Waals surface area contributed by atoms with Crippen molar-refractivity contribution in [1.82, 2.24) is 5.32 Å². The summed E-state index contributed by atoms with van der Waals surface area (Å²) in [6.07, 6.45) is 7.57. The van der Waals surface area contributed by atoms with Crippen molar-refractivity contribution in [2.45, 2.75) is 56.6 Å². The SMILES string of the molecule is C[C@@]1(O)C2(CCCC2)[C@]12CCCN2. The van der Waals surface area contributed by atoms with Crippen molar-refractivity contribution < 1.29 is 5.11 Å². The maximum atomic E-state index is 10.5. The molecule has 3 rings (SSSR count). The minimum absolute atomic E-state index is 0.122. The second kappa shape index (κ2) is 2.12. The molecule has 0 radical (unpaired) electrons. The Bertz CT molecular complexity index is 210. The molecule has 2 nitrogen and oxygen atoms in total. The van der Waals surface area contributed by atoms with Gasteiger partial charge in [-0.3, -0.25) is 0 Å². The van der Waals surface area contributed by atoms with E-state index in [0.717, 1.165) is 6.54 Å². The van der Waals surface area contributed by atoms with E-state index in [0.29, 0.717) is 0 Å². The number of hydrogen-bond donors (Lipinski definition) is 2. The molecular formula is C11H19NO. The molecule has 2 spiro atoms. The molecular weight excluding hydrogens is 162 g/mol. The summed E-state index contributed by atoms with van der Waals surface area (Å²) in [6, 6.07) is 0. The molecule has 0 aromatic carbocycles. The molecule has 3 fully saturated rings. The van der Waals surface area contributed by atoms with Gasteiger partial charge in [0.05, 0.1) is 11.1 Å². The first-order valence-electron chi connectivity index (χ1n) is 5.64. The highest BCUT2D eigenvalue weighted by Gasteiger charge is 2.84. The molecule has 0 unspecified atom stereocenters. The molecule has 74 valence electrons. The molecule has 2 heteroatoms. The highest BCUT2D eigenvalue weighted by atomic mass is 16.3. The standard InChI is InChI=1S/C11H19NO/c1-9(13)10(5-2-3-6-10)11(9)7-4-8-12-11/h12-13H,2-8H2,1H3/t9-,11+/m1/s1. The Morgan fingerprint density at radius 3 is 2.31 bits per heavy atom. The van der Waals surface area contributed by atoms with E-state index in [1.54, 1.807) is 0 Å². The van der Waals surface area contributed by atoms with Gasteiger partial charge in [0, 0.05) is 5.41 Å². The van der Waals surface area contributed by atoms with Gasteiger partial charge in [-0.25, -0.2) is 0 Å². The van der Waals surface area contributed by atoms with E-state index in [2.05, 4.69) is 12.2 Å². The van der Waals surface area contributed by atoms with E-state index in [1.165, 1.54) is 38.5 Å². The molecule has 2 saturated carbocycles. The van der Waals surface area contributed by atoms with Gasteiger partial charge in [0.15, 0.2) is 0 Å². The molecule has 0 aromatic rings. The molecule has 0 aromatic heterocycles. The molecule has 1 saturated heterocycles.